The predicted molar refractivity (Wildman–Crippen MR) is 107 cm³/mol. The van der Waals surface area contributed by atoms with E-state index in [4.69, 9.17) is 19.9 Å². The molecule has 0 saturated heterocycles. The number of amides is 2. The number of carbonyl (C=O) groups is 2. The fourth-order valence-corrected chi connectivity index (χ4v) is 2.45. The second-order valence-corrected chi connectivity index (χ2v) is 6.29. The first kappa shape index (κ1) is 20.9. The molecule has 0 saturated carbocycles. The molecule has 0 aromatic heterocycles. The van der Waals surface area contributed by atoms with Gasteiger partial charge in [-0.25, -0.2) is 0 Å². The van der Waals surface area contributed by atoms with Gasteiger partial charge in [0.15, 0.2) is 18.1 Å². The van der Waals surface area contributed by atoms with Crippen molar-refractivity contribution in [3.63, 3.8) is 0 Å². The van der Waals surface area contributed by atoms with Gasteiger partial charge in [-0.15, -0.1) is 0 Å². The minimum atomic E-state index is -0.341. The van der Waals surface area contributed by atoms with Crippen molar-refractivity contribution < 1.29 is 23.8 Å². The number of benzene rings is 2. The van der Waals surface area contributed by atoms with E-state index in [1.165, 1.54) is 20.3 Å². The molecule has 2 aromatic rings. The number of nitrogens with one attached hydrogen (secondary N) is 2. The molecule has 2 aromatic carbocycles. The lowest BCUT2D eigenvalue weighted by atomic mass is 10.1. The fourth-order valence-electron chi connectivity index (χ4n) is 2.45. The summed E-state index contributed by atoms with van der Waals surface area (Å²) in [5, 5.41) is 5.49. The van der Waals surface area contributed by atoms with Crippen molar-refractivity contribution in [1.29, 1.82) is 0 Å². The number of anilines is 2. The number of methoxy groups -OCH3 is 2. The second-order valence-electron chi connectivity index (χ2n) is 6.29. The van der Waals surface area contributed by atoms with Crippen LogP contribution in [0, 0.1) is 0 Å². The van der Waals surface area contributed by atoms with Gasteiger partial charge in [-0.05, 0) is 50.2 Å². The monoisotopic (exact) mass is 387 g/mol. The number of ether oxygens (including phenoxy) is 3. The van der Waals surface area contributed by atoms with E-state index in [0.29, 0.717) is 34.2 Å². The Bertz CT molecular complexity index is 852. The molecule has 0 spiro atoms. The first-order chi connectivity index (χ1) is 13.3. The number of nitrogens with two attached hydrogens (primary N) is 1. The van der Waals surface area contributed by atoms with Crippen LogP contribution >= 0.6 is 0 Å². The van der Waals surface area contributed by atoms with Crippen molar-refractivity contribution in [2.45, 2.75) is 19.9 Å². The van der Waals surface area contributed by atoms with Gasteiger partial charge in [-0.3, -0.25) is 9.59 Å². The zero-order valence-electron chi connectivity index (χ0n) is 16.4. The van der Waals surface area contributed by atoms with Crippen molar-refractivity contribution in [2.24, 2.45) is 0 Å². The number of rotatable bonds is 8. The summed E-state index contributed by atoms with van der Waals surface area (Å²) < 4.78 is 15.9. The molecule has 8 heteroatoms. The van der Waals surface area contributed by atoms with Crippen LogP contribution in [0.15, 0.2) is 36.4 Å². The van der Waals surface area contributed by atoms with Gasteiger partial charge in [0.25, 0.3) is 11.8 Å². The Morgan fingerprint density at radius 3 is 2.29 bits per heavy atom. The van der Waals surface area contributed by atoms with Crippen LogP contribution in [0.5, 0.6) is 17.2 Å². The van der Waals surface area contributed by atoms with E-state index >= 15 is 0 Å². The second kappa shape index (κ2) is 9.50. The molecule has 0 bridgehead atoms. The van der Waals surface area contributed by atoms with Crippen LogP contribution in [-0.4, -0.2) is 38.7 Å². The molecular weight excluding hydrogens is 362 g/mol. The van der Waals surface area contributed by atoms with Gasteiger partial charge in [-0.1, -0.05) is 0 Å². The van der Waals surface area contributed by atoms with Gasteiger partial charge < -0.3 is 30.6 Å². The summed E-state index contributed by atoms with van der Waals surface area (Å²) in [4.78, 5) is 24.2. The van der Waals surface area contributed by atoms with Crippen molar-refractivity contribution in [2.75, 3.05) is 31.9 Å². The van der Waals surface area contributed by atoms with Gasteiger partial charge >= 0.3 is 0 Å². The summed E-state index contributed by atoms with van der Waals surface area (Å²) in [5.74, 6) is 0.663. The summed E-state index contributed by atoms with van der Waals surface area (Å²) in [7, 11) is 2.98. The Labute approximate surface area is 164 Å². The minimum absolute atomic E-state index is 0.0241. The quantitative estimate of drug-likeness (QED) is 0.600. The highest BCUT2D eigenvalue weighted by atomic mass is 16.5. The highest BCUT2D eigenvalue weighted by Gasteiger charge is 2.13. The van der Waals surface area contributed by atoms with E-state index < -0.39 is 0 Å². The third kappa shape index (κ3) is 5.54. The lowest BCUT2D eigenvalue weighted by molar-refractivity contribution is -0.123. The molecule has 150 valence electrons. The van der Waals surface area contributed by atoms with Crippen LogP contribution in [0.3, 0.4) is 0 Å². The van der Waals surface area contributed by atoms with E-state index in [0.717, 1.165) is 0 Å². The number of nitrogen functional groups attached to an aromatic ring is 1. The number of carbonyl (C=O) groups excluding carboxylic acids is 2. The molecule has 0 radical (unpaired) electrons. The smallest absolute Gasteiger partial charge is 0.258 e. The molecule has 2 amide bonds. The zero-order valence-corrected chi connectivity index (χ0v) is 16.4. The number of hydrogen-bond acceptors (Lipinski definition) is 6. The highest BCUT2D eigenvalue weighted by molar-refractivity contribution is 6.05. The molecule has 0 aliphatic rings. The summed E-state index contributed by atoms with van der Waals surface area (Å²) in [6.07, 6.45) is 0. The Morgan fingerprint density at radius 2 is 1.68 bits per heavy atom. The molecular formula is C20H25N3O5. The van der Waals surface area contributed by atoms with Gasteiger partial charge in [0.2, 0.25) is 0 Å². The molecule has 8 nitrogen and oxygen atoms in total. The third-order valence-corrected chi connectivity index (χ3v) is 3.72. The molecule has 0 aliphatic heterocycles. The van der Waals surface area contributed by atoms with Crippen molar-refractivity contribution in [3.8, 4) is 17.2 Å². The maximum absolute atomic E-state index is 12.5. The molecule has 28 heavy (non-hydrogen) atoms. The van der Waals surface area contributed by atoms with Crippen molar-refractivity contribution in [1.82, 2.24) is 5.32 Å². The summed E-state index contributed by atoms with van der Waals surface area (Å²) >= 11 is 0. The maximum Gasteiger partial charge on any atom is 0.258 e. The van der Waals surface area contributed by atoms with E-state index in [1.54, 1.807) is 30.3 Å². The topological polar surface area (TPSA) is 112 Å². The van der Waals surface area contributed by atoms with Crippen molar-refractivity contribution >= 4 is 23.2 Å². The predicted octanol–water partition coefficient (Wildman–Crippen LogP) is 2.44. The Hall–Kier alpha value is -3.42. The molecule has 0 unspecified atom stereocenters. The standard InChI is InChI=1S/C20H25N3O5/c1-12(2)22-19(24)11-28-17-7-5-13(9-18(17)27-4)20(25)23-14-6-8-16(26-3)15(21)10-14/h5-10,12H,11,21H2,1-4H3,(H,22,24)(H,23,25). The molecule has 0 aliphatic carbocycles. The van der Waals surface area contributed by atoms with Crippen LogP contribution in [0.1, 0.15) is 24.2 Å². The van der Waals surface area contributed by atoms with Gasteiger partial charge in [0.05, 0.1) is 19.9 Å². The highest BCUT2D eigenvalue weighted by Crippen LogP contribution is 2.29. The van der Waals surface area contributed by atoms with E-state index in [-0.39, 0.29) is 24.5 Å². The van der Waals surface area contributed by atoms with Crippen LogP contribution in [0.4, 0.5) is 11.4 Å². The Morgan fingerprint density at radius 1 is 1.00 bits per heavy atom. The minimum Gasteiger partial charge on any atom is -0.495 e. The lowest BCUT2D eigenvalue weighted by Crippen LogP contribution is -2.34. The Kier molecular flexibility index (Phi) is 7.08. The molecule has 0 atom stereocenters. The first-order valence-corrected chi connectivity index (χ1v) is 8.69. The number of hydrogen-bond donors (Lipinski definition) is 3. The average molecular weight is 387 g/mol. The SMILES string of the molecule is COc1ccc(NC(=O)c2ccc(OCC(=O)NC(C)C)c(OC)c2)cc1N. The molecule has 0 heterocycles. The van der Waals surface area contributed by atoms with E-state index in [9.17, 15) is 9.59 Å². The van der Waals surface area contributed by atoms with Crippen LogP contribution < -0.4 is 30.6 Å². The zero-order chi connectivity index (χ0) is 20.7. The normalized spacial score (nSPS) is 10.3. The molecule has 2 rings (SSSR count). The van der Waals surface area contributed by atoms with Crippen LogP contribution in [0.25, 0.3) is 0 Å². The Balaban J connectivity index is 2.08. The van der Waals surface area contributed by atoms with Gasteiger partial charge in [0, 0.05) is 17.3 Å². The van der Waals surface area contributed by atoms with Crippen LogP contribution in [0.2, 0.25) is 0 Å². The first-order valence-electron chi connectivity index (χ1n) is 8.69. The third-order valence-electron chi connectivity index (χ3n) is 3.72. The van der Waals surface area contributed by atoms with Crippen LogP contribution in [-0.2, 0) is 4.79 Å². The maximum atomic E-state index is 12.5. The summed E-state index contributed by atoms with van der Waals surface area (Å²) in [5.41, 5.74) is 7.17. The van der Waals surface area contributed by atoms with E-state index in [2.05, 4.69) is 10.6 Å². The van der Waals surface area contributed by atoms with Crippen molar-refractivity contribution in [3.05, 3.63) is 42.0 Å². The average Bonchev–Trinajstić information content (AvgIpc) is 2.65. The summed E-state index contributed by atoms with van der Waals surface area (Å²) in [6.45, 7) is 3.58. The van der Waals surface area contributed by atoms with E-state index in [1.807, 2.05) is 13.8 Å². The van der Waals surface area contributed by atoms with Gasteiger partial charge in [-0.2, -0.15) is 0 Å². The fraction of sp³-hybridized carbons (Fsp3) is 0.300. The summed E-state index contributed by atoms with van der Waals surface area (Å²) in [6, 6.07) is 9.70. The molecule has 4 N–H and O–H groups in total. The largest absolute Gasteiger partial charge is 0.495 e. The molecule has 0 fully saturated rings. The van der Waals surface area contributed by atoms with Gasteiger partial charge in [0.1, 0.15) is 5.75 Å². The lowest BCUT2D eigenvalue weighted by Gasteiger charge is -2.13.